The first-order valence-electron chi connectivity index (χ1n) is 5.53. The summed E-state index contributed by atoms with van der Waals surface area (Å²) >= 11 is 0. The molecule has 3 heteroatoms. The van der Waals surface area contributed by atoms with Crippen molar-refractivity contribution < 1.29 is 14.3 Å². The van der Waals surface area contributed by atoms with Gasteiger partial charge in [-0.15, -0.1) is 0 Å². The van der Waals surface area contributed by atoms with Gasteiger partial charge in [-0.05, 0) is 5.56 Å². The van der Waals surface area contributed by atoms with Crippen LogP contribution in [0.5, 0.6) is 0 Å². The smallest absolute Gasteiger partial charge is 0.151 e. The summed E-state index contributed by atoms with van der Waals surface area (Å²) in [6, 6.07) is 10.0. The second-order valence-electron chi connectivity index (χ2n) is 4.18. The Morgan fingerprint density at radius 1 is 1.44 bits per heavy atom. The fourth-order valence-electron chi connectivity index (χ4n) is 1.74. The molecule has 1 aliphatic rings. The SMILES string of the molecule is C[C@@H](COCc1ccccc1)[C@H]1O[C@@H]1C=O. The Balaban J connectivity index is 1.67. The zero-order valence-corrected chi connectivity index (χ0v) is 9.34. The maximum atomic E-state index is 10.4. The Labute approximate surface area is 95.4 Å². The highest BCUT2D eigenvalue weighted by Crippen LogP contribution is 2.27. The summed E-state index contributed by atoms with van der Waals surface area (Å²) in [5.74, 6) is 0.277. The van der Waals surface area contributed by atoms with Crippen LogP contribution in [0.3, 0.4) is 0 Å². The summed E-state index contributed by atoms with van der Waals surface area (Å²) in [6.45, 7) is 3.28. The lowest BCUT2D eigenvalue weighted by atomic mass is 10.1. The van der Waals surface area contributed by atoms with Gasteiger partial charge in [-0.2, -0.15) is 0 Å². The van der Waals surface area contributed by atoms with Gasteiger partial charge in [-0.1, -0.05) is 37.3 Å². The first-order valence-corrected chi connectivity index (χ1v) is 5.53. The average molecular weight is 220 g/mol. The Hall–Kier alpha value is -1.19. The molecule has 0 aromatic heterocycles. The summed E-state index contributed by atoms with van der Waals surface area (Å²) in [4.78, 5) is 10.4. The summed E-state index contributed by atoms with van der Waals surface area (Å²) in [7, 11) is 0. The molecule has 1 heterocycles. The second-order valence-corrected chi connectivity index (χ2v) is 4.18. The summed E-state index contributed by atoms with van der Waals surface area (Å²) in [6.07, 6.45) is 0.724. The predicted molar refractivity (Wildman–Crippen MR) is 60.0 cm³/mol. The van der Waals surface area contributed by atoms with Crippen molar-refractivity contribution in [1.82, 2.24) is 0 Å². The van der Waals surface area contributed by atoms with Gasteiger partial charge in [0.25, 0.3) is 0 Å². The molecule has 0 aliphatic carbocycles. The molecule has 3 nitrogen and oxygen atoms in total. The number of carbonyl (C=O) groups is 1. The molecule has 0 bridgehead atoms. The predicted octanol–water partition coefficient (Wildman–Crippen LogP) is 1.81. The van der Waals surface area contributed by atoms with Gasteiger partial charge in [0.1, 0.15) is 6.10 Å². The van der Waals surface area contributed by atoms with Crippen molar-refractivity contribution in [1.29, 1.82) is 0 Å². The standard InChI is InChI=1S/C13H16O3/c1-10(13-12(7-14)16-13)8-15-9-11-5-3-2-4-6-11/h2-7,10,12-13H,8-9H2,1H3/t10-,12+,13+/m0/s1. The van der Waals surface area contributed by atoms with Crippen molar-refractivity contribution in [3.8, 4) is 0 Å². The molecule has 1 saturated heterocycles. The van der Waals surface area contributed by atoms with E-state index in [4.69, 9.17) is 9.47 Å². The summed E-state index contributed by atoms with van der Waals surface area (Å²) < 4.78 is 10.8. The fourth-order valence-corrected chi connectivity index (χ4v) is 1.74. The number of hydrogen-bond acceptors (Lipinski definition) is 3. The van der Waals surface area contributed by atoms with E-state index in [2.05, 4.69) is 0 Å². The fraction of sp³-hybridized carbons (Fsp3) is 0.462. The number of rotatable bonds is 6. The monoisotopic (exact) mass is 220 g/mol. The minimum absolute atomic E-state index is 0.0632. The molecule has 16 heavy (non-hydrogen) atoms. The molecule has 0 unspecified atom stereocenters. The van der Waals surface area contributed by atoms with E-state index in [0.29, 0.717) is 13.2 Å². The molecule has 1 aromatic rings. The van der Waals surface area contributed by atoms with Gasteiger partial charge in [-0.3, -0.25) is 0 Å². The van der Waals surface area contributed by atoms with Gasteiger partial charge in [0.2, 0.25) is 0 Å². The quantitative estimate of drug-likeness (QED) is 0.542. The minimum Gasteiger partial charge on any atom is -0.376 e. The van der Waals surface area contributed by atoms with E-state index < -0.39 is 0 Å². The van der Waals surface area contributed by atoms with Crippen LogP contribution in [-0.2, 0) is 20.9 Å². The number of ether oxygens (including phenoxy) is 2. The van der Waals surface area contributed by atoms with Crippen LogP contribution in [0, 0.1) is 5.92 Å². The molecule has 2 rings (SSSR count). The molecule has 86 valence electrons. The third-order valence-electron chi connectivity index (χ3n) is 2.75. The molecule has 0 amide bonds. The Kier molecular flexibility index (Phi) is 3.70. The topological polar surface area (TPSA) is 38.8 Å². The van der Waals surface area contributed by atoms with Crippen LogP contribution < -0.4 is 0 Å². The van der Waals surface area contributed by atoms with Crippen molar-refractivity contribution in [3.05, 3.63) is 35.9 Å². The highest BCUT2D eigenvalue weighted by Gasteiger charge is 2.42. The lowest BCUT2D eigenvalue weighted by Gasteiger charge is -2.09. The molecular formula is C13H16O3. The van der Waals surface area contributed by atoms with Crippen LogP contribution >= 0.6 is 0 Å². The molecule has 0 saturated carbocycles. The highest BCUT2D eigenvalue weighted by atomic mass is 16.6. The number of hydrogen-bond donors (Lipinski definition) is 0. The first-order chi connectivity index (χ1) is 7.81. The van der Waals surface area contributed by atoms with Crippen LogP contribution in [0.1, 0.15) is 12.5 Å². The molecule has 0 N–H and O–H groups in total. The van der Waals surface area contributed by atoms with Crippen molar-refractivity contribution in [3.63, 3.8) is 0 Å². The van der Waals surface area contributed by atoms with Gasteiger partial charge < -0.3 is 14.3 Å². The summed E-state index contributed by atoms with van der Waals surface area (Å²) in [5.41, 5.74) is 1.17. The number of aldehydes is 1. The van der Waals surface area contributed by atoms with Gasteiger partial charge in [0, 0.05) is 5.92 Å². The van der Waals surface area contributed by atoms with Crippen molar-refractivity contribution in [2.24, 2.45) is 5.92 Å². The largest absolute Gasteiger partial charge is 0.376 e. The Morgan fingerprint density at radius 3 is 2.81 bits per heavy atom. The molecule has 0 radical (unpaired) electrons. The third-order valence-corrected chi connectivity index (χ3v) is 2.75. The maximum Gasteiger partial charge on any atom is 0.151 e. The number of benzene rings is 1. The Morgan fingerprint density at radius 2 is 2.19 bits per heavy atom. The number of carbonyl (C=O) groups excluding carboxylic acids is 1. The highest BCUT2D eigenvalue weighted by molar-refractivity contribution is 5.60. The second kappa shape index (κ2) is 5.23. The molecule has 0 spiro atoms. The van der Waals surface area contributed by atoms with Crippen LogP contribution in [0.15, 0.2) is 30.3 Å². The zero-order chi connectivity index (χ0) is 11.4. The van der Waals surface area contributed by atoms with Crippen LogP contribution in [0.25, 0.3) is 0 Å². The third kappa shape index (κ3) is 2.90. The van der Waals surface area contributed by atoms with Crippen molar-refractivity contribution in [2.75, 3.05) is 6.61 Å². The van der Waals surface area contributed by atoms with E-state index in [-0.39, 0.29) is 18.1 Å². The van der Waals surface area contributed by atoms with E-state index in [9.17, 15) is 4.79 Å². The van der Waals surface area contributed by atoms with Crippen LogP contribution in [0.4, 0.5) is 0 Å². The van der Waals surface area contributed by atoms with Crippen molar-refractivity contribution >= 4 is 6.29 Å². The molecule has 3 atom stereocenters. The molecule has 1 aliphatic heterocycles. The van der Waals surface area contributed by atoms with E-state index in [1.807, 2.05) is 37.3 Å². The van der Waals surface area contributed by atoms with E-state index in [0.717, 1.165) is 6.29 Å². The first kappa shape index (κ1) is 11.3. The van der Waals surface area contributed by atoms with Gasteiger partial charge in [-0.25, -0.2) is 0 Å². The normalized spacial score (nSPS) is 25.1. The van der Waals surface area contributed by atoms with Crippen LogP contribution in [0.2, 0.25) is 0 Å². The lowest BCUT2D eigenvalue weighted by Crippen LogP contribution is -2.14. The Bertz CT molecular complexity index is 336. The van der Waals surface area contributed by atoms with Gasteiger partial charge >= 0.3 is 0 Å². The maximum absolute atomic E-state index is 10.4. The van der Waals surface area contributed by atoms with E-state index >= 15 is 0 Å². The van der Waals surface area contributed by atoms with Crippen LogP contribution in [-0.4, -0.2) is 25.1 Å². The number of epoxide rings is 1. The van der Waals surface area contributed by atoms with Crippen molar-refractivity contribution in [2.45, 2.75) is 25.7 Å². The lowest BCUT2D eigenvalue weighted by molar-refractivity contribution is -0.108. The van der Waals surface area contributed by atoms with E-state index in [1.165, 1.54) is 5.56 Å². The average Bonchev–Trinajstić information content (AvgIpc) is 3.09. The molecule has 1 fully saturated rings. The van der Waals surface area contributed by atoms with E-state index in [1.54, 1.807) is 0 Å². The van der Waals surface area contributed by atoms with Gasteiger partial charge in [0.15, 0.2) is 6.29 Å². The molecule has 1 aromatic carbocycles. The minimum atomic E-state index is -0.199. The summed E-state index contributed by atoms with van der Waals surface area (Å²) in [5, 5.41) is 0. The van der Waals surface area contributed by atoms with Gasteiger partial charge in [0.05, 0.1) is 19.3 Å². The zero-order valence-electron chi connectivity index (χ0n) is 9.34. The molecular weight excluding hydrogens is 204 g/mol.